The Morgan fingerprint density at radius 3 is 2.47 bits per heavy atom. The van der Waals surface area contributed by atoms with Gasteiger partial charge >= 0.3 is 0 Å². The third-order valence-electron chi connectivity index (χ3n) is 4.82. The lowest BCUT2D eigenvalue weighted by atomic mass is 10.1. The fourth-order valence-electron chi connectivity index (χ4n) is 3.10. The van der Waals surface area contributed by atoms with E-state index in [1.54, 1.807) is 7.11 Å². The summed E-state index contributed by atoms with van der Waals surface area (Å²) in [5, 5.41) is 12.2. The maximum atomic E-state index is 12.4. The second kappa shape index (κ2) is 10.3. The van der Waals surface area contributed by atoms with Crippen LogP contribution in [0.1, 0.15) is 11.6 Å². The predicted octanol–water partition coefficient (Wildman–Crippen LogP) is 3.00. The standard InChI is InChI=1S/C22H27N5O2S/c1-26(2)19(16-8-6-5-7-9-16)14-23-20(28)15-30-22-25-24-21(27(22)3)17-10-12-18(29-4)13-11-17/h5-13,19H,14-15H2,1-4H3,(H,23,28)/t19-/m1/s1. The third-order valence-corrected chi connectivity index (χ3v) is 5.84. The molecule has 0 radical (unpaired) electrons. The maximum Gasteiger partial charge on any atom is 0.230 e. The molecule has 1 atom stereocenters. The Bertz CT molecular complexity index is 957. The number of hydrogen-bond donors (Lipinski definition) is 1. The number of amides is 1. The van der Waals surface area contributed by atoms with Gasteiger partial charge in [0.25, 0.3) is 0 Å². The van der Waals surface area contributed by atoms with Gasteiger partial charge in [-0.25, -0.2) is 0 Å². The van der Waals surface area contributed by atoms with Gasteiger partial charge in [0.1, 0.15) is 5.75 Å². The zero-order valence-electron chi connectivity index (χ0n) is 17.7. The number of methoxy groups -OCH3 is 1. The molecule has 1 N–H and O–H groups in total. The van der Waals surface area contributed by atoms with Crippen molar-refractivity contribution in [2.75, 3.05) is 33.5 Å². The Morgan fingerprint density at radius 2 is 1.83 bits per heavy atom. The zero-order valence-corrected chi connectivity index (χ0v) is 18.5. The van der Waals surface area contributed by atoms with Crippen molar-refractivity contribution >= 4 is 17.7 Å². The van der Waals surface area contributed by atoms with Gasteiger partial charge in [-0.3, -0.25) is 4.79 Å². The summed E-state index contributed by atoms with van der Waals surface area (Å²) in [5.74, 6) is 1.79. The van der Waals surface area contributed by atoms with E-state index in [0.29, 0.717) is 11.7 Å². The molecule has 0 saturated heterocycles. The molecule has 3 aromatic rings. The highest BCUT2D eigenvalue weighted by atomic mass is 32.2. The Morgan fingerprint density at radius 1 is 1.13 bits per heavy atom. The number of thioether (sulfide) groups is 1. The molecule has 0 aliphatic carbocycles. The van der Waals surface area contributed by atoms with Crippen LogP contribution in [0.25, 0.3) is 11.4 Å². The number of ether oxygens (including phenoxy) is 1. The van der Waals surface area contributed by atoms with E-state index in [1.807, 2.05) is 68.2 Å². The normalized spacial score (nSPS) is 12.0. The summed E-state index contributed by atoms with van der Waals surface area (Å²) in [6.45, 7) is 0.548. The summed E-state index contributed by atoms with van der Waals surface area (Å²) < 4.78 is 7.09. The molecule has 158 valence electrons. The van der Waals surface area contributed by atoms with Gasteiger partial charge in [0, 0.05) is 19.2 Å². The lowest BCUT2D eigenvalue weighted by Crippen LogP contribution is -2.35. The Hall–Kier alpha value is -2.84. The number of nitrogens with one attached hydrogen (secondary N) is 1. The van der Waals surface area contributed by atoms with E-state index in [2.05, 4.69) is 32.5 Å². The molecule has 30 heavy (non-hydrogen) atoms. The lowest BCUT2D eigenvalue weighted by molar-refractivity contribution is -0.118. The summed E-state index contributed by atoms with van der Waals surface area (Å²) in [6, 6.07) is 17.9. The molecular weight excluding hydrogens is 398 g/mol. The van der Waals surface area contributed by atoms with Crippen LogP contribution in [-0.2, 0) is 11.8 Å². The summed E-state index contributed by atoms with van der Waals surface area (Å²) in [5.41, 5.74) is 2.12. The molecule has 0 aliphatic rings. The average molecular weight is 426 g/mol. The van der Waals surface area contributed by atoms with E-state index in [4.69, 9.17) is 4.74 Å². The first-order valence-electron chi connectivity index (χ1n) is 9.64. The monoisotopic (exact) mass is 425 g/mol. The molecule has 0 unspecified atom stereocenters. The van der Waals surface area contributed by atoms with Crippen LogP contribution >= 0.6 is 11.8 Å². The number of carbonyl (C=O) groups excluding carboxylic acids is 1. The Labute approximate surface area is 181 Å². The summed E-state index contributed by atoms with van der Waals surface area (Å²) in [6.07, 6.45) is 0. The van der Waals surface area contributed by atoms with Crippen LogP contribution in [0.15, 0.2) is 59.8 Å². The fourth-order valence-corrected chi connectivity index (χ4v) is 3.84. The minimum Gasteiger partial charge on any atom is -0.497 e. The van der Waals surface area contributed by atoms with Crippen LogP contribution in [0.2, 0.25) is 0 Å². The molecule has 2 aromatic carbocycles. The van der Waals surface area contributed by atoms with Gasteiger partial charge in [0.15, 0.2) is 11.0 Å². The largest absolute Gasteiger partial charge is 0.497 e. The predicted molar refractivity (Wildman–Crippen MR) is 120 cm³/mol. The molecule has 8 heteroatoms. The molecule has 0 saturated carbocycles. The second-order valence-electron chi connectivity index (χ2n) is 7.08. The van der Waals surface area contributed by atoms with Gasteiger partial charge in [-0.05, 0) is 43.9 Å². The highest BCUT2D eigenvalue weighted by molar-refractivity contribution is 7.99. The van der Waals surface area contributed by atoms with Gasteiger partial charge in [-0.1, -0.05) is 42.1 Å². The first-order chi connectivity index (χ1) is 14.5. The molecule has 0 bridgehead atoms. The lowest BCUT2D eigenvalue weighted by Gasteiger charge is -2.25. The van der Waals surface area contributed by atoms with E-state index in [9.17, 15) is 4.79 Å². The Balaban J connectivity index is 1.56. The number of likely N-dealkylation sites (N-methyl/N-ethyl adjacent to an activating group) is 1. The number of benzene rings is 2. The van der Waals surface area contributed by atoms with Crippen LogP contribution in [0.4, 0.5) is 0 Å². The van der Waals surface area contributed by atoms with Crippen LogP contribution in [0, 0.1) is 0 Å². The summed E-state index contributed by atoms with van der Waals surface area (Å²) >= 11 is 1.37. The molecule has 7 nitrogen and oxygen atoms in total. The molecule has 0 spiro atoms. The average Bonchev–Trinajstić information content (AvgIpc) is 3.13. The highest BCUT2D eigenvalue weighted by Crippen LogP contribution is 2.24. The van der Waals surface area contributed by atoms with Crippen molar-refractivity contribution in [3.63, 3.8) is 0 Å². The van der Waals surface area contributed by atoms with Gasteiger partial charge in [0.2, 0.25) is 5.91 Å². The second-order valence-corrected chi connectivity index (χ2v) is 8.02. The van der Waals surface area contributed by atoms with Crippen molar-refractivity contribution in [3.8, 4) is 17.1 Å². The van der Waals surface area contributed by atoms with Gasteiger partial charge in [-0.2, -0.15) is 0 Å². The van der Waals surface area contributed by atoms with Gasteiger partial charge in [0.05, 0.1) is 18.9 Å². The minimum absolute atomic E-state index is 0.0308. The first-order valence-corrected chi connectivity index (χ1v) is 10.6. The van der Waals surface area contributed by atoms with E-state index in [-0.39, 0.29) is 17.7 Å². The zero-order chi connectivity index (χ0) is 21.5. The fraction of sp³-hybridized carbons (Fsp3) is 0.318. The third kappa shape index (κ3) is 5.40. The molecule has 0 fully saturated rings. The molecule has 3 rings (SSSR count). The van der Waals surface area contributed by atoms with E-state index in [1.165, 1.54) is 17.3 Å². The summed E-state index contributed by atoms with van der Waals surface area (Å²) in [7, 11) is 7.56. The summed E-state index contributed by atoms with van der Waals surface area (Å²) in [4.78, 5) is 14.5. The minimum atomic E-state index is -0.0308. The maximum absolute atomic E-state index is 12.4. The smallest absolute Gasteiger partial charge is 0.230 e. The van der Waals surface area contributed by atoms with Crippen molar-refractivity contribution in [2.45, 2.75) is 11.2 Å². The quantitative estimate of drug-likeness (QED) is 0.532. The van der Waals surface area contributed by atoms with Crippen LogP contribution in [0.5, 0.6) is 5.75 Å². The van der Waals surface area contributed by atoms with Crippen LogP contribution in [-0.4, -0.2) is 59.1 Å². The van der Waals surface area contributed by atoms with Gasteiger partial charge < -0.3 is 19.5 Å². The molecule has 1 heterocycles. The van der Waals surface area contributed by atoms with Gasteiger partial charge in [-0.15, -0.1) is 10.2 Å². The molecular formula is C22H27N5O2S. The SMILES string of the molecule is COc1ccc(-c2nnc(SCC(=O)NC[C@H](c3ccccc3)N(C)C)n2C)cc1. The highest BCUT2D eigenvalue weighted by Gasteiger charge is 2.16. The van der Waals surface area contributed by atoms with Crippen molar-refractivity contribution < 1.29 is 9.53 Å². The molecule has 1 amide bonds. The topological polar surface area (TPSA) is 72.3 Å². The number of carbonyl (C=O) groups is 1. The van der Waals surface area contributed by atoms with Crippen molar-refractivity contribution in [1.82, 2.24) is 25.0 Å². The molecule has 0 aliphatic heterocycles. The van der Waals surface area contributed by atoms with E-state index < -0.39 is 0 Å². The first kappa shape index (κ1) is 21.9. The number of nitrogens with zero attached hydrogens (tertiary/aromatic N) is 4. The van der Waals surface area contributed by atoms with Crippen LogP contribution < -0.4 is 10.1 Å². The van der Waals surface area contributed by atoms with Crippen molar-refractivity contribution in [2.24, 2.45) is 7.05 Å². The van der Waals surface area contributed by atoms with E-state index >= 15 is 0 Å². The van der Waals surface area contributed by atoms with Crippen molar-refractivity contribution in [3.05, 3.63) is 60.2 Å². The number of rotatable bonds is 9. The number of hydrogen-bond acceptors (Lipinski definition) is 6. The van der Waals surface area contributed by atoms with Crippen molar-refractivity contribution in [1.29, 1.82) is 0 Å². The van der Waals surface area contributed by atoms with E-state index in [0.717, 1.165) is 17.1 Å². The molecule has 1 aromatic heterocycles. The Kier molecular flexibility index (Phi) is 7.48. The van der Waals surface area contributed by atoms with Crippen LogP contribution in [0.3, 0.4) is 0 Å². The number of aromatic nitrogens is 3.